The zero-order chi connectivity index (χ0) is 16.9. The number of carbonyl (C=O) groups is 1. The Balaban J connectivity index is 1.53. The minimum absolute atomic E-state index is 0.0216. The van der Waals surface area contributed by atoms with Gasteiger partial charge in [0, 0.05) is 24.5 Å². The molecule has 1 atom stereocenters. The summed E-state index contributed by atoms with van der Waals surface area (Å²) in [4.78, 5) is 18.5. The van der Waals surface area contributed by atoms with E-state index in [2.05, 4.69) is 4.98 Å². The van der Waals surface area contributed by atoms with Gasteiger partial charge >= 0.3 is 0 Å². The number of aliphatic hydroxyl groups is 1. The molecule has 1 aliphatic heterocycles. The average molecular weight is 342 g/mol. The van der Waals surface area contributed by atoms with Crippen molar-refractivity contribution in [3.63, 3.8) is 0 Å². The van der Waals surface area contributed by atoms with Crippen LogP contribution < -0.4 is 0 Å². The third-order valence-electron chi connectivity index (χ3n) is 4.47. The molecule has 1 amide bonds. The van der Waals surface area contributed by atoms with E-state index in [-0.39, 0.29) is 11.8 Å². The maximum atomic E-state index is 12.3. The molecule has 3 rings (SSSR count). The van der Waals surface area contributed by atoms with Gasteiger partial charge in [-0.3, -0.25) is 4.79 Å². The molecule has 1 aliphatic rings. The predicted molar refractivity (Wildman–Crippen MR) is 96.6 cm³/mol. The van der Waals surface area contributed by atoms with Crippen molar-refractivity contribution < 1.29 is 9.90 Å². The minimum Gasteiger partial charge on any atom is -0.388 e. The number of carbonyl (C=O) groups excluding carboxylic acids is 1. The molecule has 1 N–H and O–H groups in total. The second-order valence-electron chi connectivity index (χ2n) is 6.14. The molecule has 1 fully saturated rings. The largest absolute Gasteiger partial charge is 0.388 e. The molecule has 24 heavy (non-hydrogen) atoms. The highest BCUT2D eigenvalue weighted by Gasteiger charge is 2.27. The Morgan fingerprint density at radius 1 is 1.33 bits per heavy atom. The van der Waals surface area contributed by atoms with E-state index in [1.165, 1.54) is 0 Å². The summed E-state index contributed by atoms with van der Waals surface area (Å²) < 4.78 is 0. The van der Waals surface area contributed by atoms with Crippen LogP contribution in [0.25, 0.3) is 6.08 Å². The lowest BCUT2D eigenvalue weighted by molar-refractivity contribution is -0.127. The molecule has 126 valence electrons. The molecule has 1 saturated heterocycles. The van der Waals surface area contributed by atoms with Gasteiger partial charge in [-0.1, -0.05) is 30.3 Å². The second-order valence-corrected chi connectivity index (χ2v) is 7.21. The molecule has 0 saturated carbocycles. The molecule has 2 heterocycles. The van der Waals surface area contributed by atoms with Crippen LogP contribution in [0.5, 0.6) is 0 Å². The molecule has 4 nitrogen and oxygen atoms in total. The first-order valence-corrected chi connectivity index (χ1v) is 9.13. The Kier molecular flexibility index (Phi) is 5.43. The van der Waals surface area contributed by atoms with Crippen LogP contribution in [0.3, 0.4) is 0 Å². The third-order valence-corrected chi connectivity index (χ3v) is 5.26. The van der Waals surface area contributed by atoms with E-state index in [0.717, 1.165) is 29.1 Å². The molecule has 1 unspecified atom stereocenters. The van der Waals surface area contributed by atoms with Crippen LogP contribution in [-0.2, 0) is 4.79 Å². The van der Waals surface area contributed by atoms with Crippen molar-refractivity contribution in [2.24, 2.45) is 5.92 Å². The van der Waals surface area contributed by atoms with E-state index in [1.807, 2.05) is 47.5 Å². The maximum Gasteiger partial charge on any atom is 0.246 e. The lowest BCUT2D eigenvalue weighted by Gasteiger charge is -2.33. The van der Waals surface area contributed by atoms with Crippen molar-refractivity contribution in [1.29, 1.82) is 0 Å². The smallest absolute Gasteiger partial charge is 0.246 e. The lowest BCUT2D eigenvalue weighted by atomic mass is 9.87. The van der Waals surface area contributed by atoms with E-state index >= 15 is 0 Å². The van der Waals surface area contributed by atoms with E-state index in [4.69, 9.17) is 0 Å². The van der Waals surface area contributed by atoms with Crippen molar-refractivity contribution in [3.8, 4) is 0 Å². The fraction of sp³-hybridized carbons (Fsp3) is 0.368. The van der Waals surface area contributed by atoms with Crippen LogP contribution in [0.1, 0.15) is 35.2 Å². The first-order chi connectivity index (χ1) is 11.6. The molecular formula is C19H22N2O2S. The Morgan fingerprint density at radius 3 is 2.67 bits per heavy atom. The molecule has 1 aromatic carbocycles. The van der Waals surface area contributed by atoms with Crippen molar-refractivity contribution in [2.75, 3.05) is 13.1 Å². The lowest BCUT2D eigenvalue weighted by Crippen LogP contribution is -2.38. The van der Waals surface area contributed by atoms with Gasteiger partial charge in [-0.15, -0.1) is 11.3 Å². The van der Waals surface area contributed by atoms with Gasteiger partial charge in [-0.2, -0.15) is 0 Å². The molecule has 0 spiro atoms. The Bertz CT molecular complexity index is 703. The topological polar surface area (TPSA) is 53.4 Å². The Hall–Kier alpha value is -1.98. The molecule has 1 aromatic heterocycles. The first kappa shape index (κ1) is 16.9. The van der Waals surface area contributed by atoms with E-state index in [0.29, 0.717) is 13.1 Å². The number of rotatable bonds is 4. The van der Waals surface area contributed by atoms with E-state index < -0.39 is 6.10 Å². The number of likely N-dealkylation sites (tertiary alicyclic amines) is 1. The van der Waals surface area contributed by atoms with Gasteiger partial charge in [0.05, 0.1) is 16.8 Å². The van der Waals surface area contributed by atoms with Crippen LogP contribution in [0, 0.1) is 12.8 Å². The summed E-state index contributed by atoms with van der Waals surface area (Å²) in [5.74, 6) is 0.231. The van der Waals surface area contributed by atoms with Gasteiger partial charge in [0.15, 0.2) is 0 Å². The summed E-state index contributed by atoms with van der Waals surface area (Å²) in [6.45, 7) is 3.33. The van der Waals surface area contributed by atoms with Crippen LogP contribution in [0.15, 0.2) is 41.8 Å². The summed E-state index contributed by atoms with van der Waals surface area (Å²) in [6.07, 6.45) is 4.58. The minimum atomic E-state index is -0.447. The summed E-state index contributed by atoms with van der Waals surface area (Å²) in [5, 5.41) is 13.4. The monoisotopic (exact) mass is 342 g/mol. The molecule has 5 heteroatoms. The van der Waals surface area contributed by atoms with Crippen molar-refractivity contribution in [2.45, 2.75) is 25.9 Å². The summed E-state index contributed by atoms with van der Waals surface area (Å²) in [7, 11) is 0. The standard InChI is InChI=1S/C19H22N2O2S/c1-14-20-17(13-24-14)7-8-18(22)21-11-9-16(10-12-21)19(23)15-5-3-2-4-6-15/h2-8,13,16,19,23H,9-12H2,1H3. The fourth-order valence-corrected chi connectivity index (χ4v) is 3.66. The molecule has 0 radical (unpaired) electrons. The maximum absolute atomic E-state index is 12.3. The van der Waals surface area contributed by atoms with Crippen LogP contribution >= 0.6 is 11.3 Å². The van der Waals surface area contributed by atoms with Gasteiger partial charge in [-0.05, 0) is 37.3 Å². The van der Waals surface area contributed by atoms with Crippen molar-refractivity contribution >= 4 is 23.3 Å². The number of hydrogen-bond acceptors (Lipinski definition) is 4. The first-order valence-electron chi connectivity index (χ1n) is 8.25. The molecule has 2 aromatic rings. The Labute approximate surface area is 146 Å². The summed E-state index contributed by atoms with van der Waals surface area (Å²) in [5.41, 5.74) is 1.79. The van der Waals surface area contributed by atoms with E-state index in [9.17, 15) is 9.90 Å². The fourth-order valence-electron chi connectivity index (χ4n) is 3.08. The number of aromatic nitrogens is 1. The van der Waals surface area contributed by atoms with E-state index in [1.54, 1.807) is 23.5 Å². The third kappa shape index (κ3) is 4.10. The zero-order valence-corrected chi connectivity index (χ0v) is 14.6. The number of benzene rings is 1. The predicted octanol–water partition coefficient (Wildman–Crippen LogP) is 3.44. The highest BCUT2D eigenvalue weighted by Crippen LogP contribution is 2.30. The molecular weight excluding hydrogens is 320 g/mol. The SMILES string of the molecule is Cc1nc(C=CC(=O)N2CCC(C(O)c3ccccc3)CC2)cs1. The summed E-state index contributed by atoms with van der Waals surface area (Å²) in [6, 6.07) is 9.76. The highest BCUT2D eigenvalue weighted by atomic mass is 32.1. The van der Waals surface area contributed by atoms with Crippen LogP contribution in [-0.4, -0.2) is 34.0 Å². The van der Waals surface area contributed by atoms with Gasteiger partial charge in [0.1, 0.15) is 0 Å². The average Bonchev–Trinajstić information content (AvgIpc) is 3.05. The molecule has 0 aliphatic carbocycles. The van der Waals surface area contributed by atoms with Crippen molar-refractivity contribution in [3.05, 3.63) is 58.1 Å². The number of nitrogens with zero attached hydrogens (tertiary/aromatic N) is 2. The van der Waals surface area contributed by atoms with Gasteiger partial charge in [-0.25, -0.2) is 4.98 Å². The van der Waals surface area contributed by atoms with Gasteiger partial charge in [0.2, 0.25) is 5.91 Å². The Morgan fingerprint density at radius 2 is 2.04 bits per heavy atom. The number of aryl methyl sites for hydroxylation is 1. The van der Waals surface area contributed by atoms with Crippen LogP contribution in [0.4, 0.5) is 0 Å². The quantitative estimate of drug-likeness (QED) is 0.866. The number of hydrogen-bond donors (Lipinski definition) is 1. The number of aliphatic hydroxyl groups excluding tert-OH is 1. The van der Waals surface area contributed by atoms with Crippen LogP contribution in [0.2, 0.25) is 0 Å². The number of piperidine rings is 1. The number of thiazole rings is 1. The second kappa shape index (κ2) is 7.73. The normalized spacial score (nSPS) is 17.3. The van der Waals surface area contributed by atoms with Crippen molar-refractivity contribution in [1.82, 2.24) is 9.88 Å². The summed E-state index contributed by atoms with van der Waals surface area (Å²) >= 11 is 1.58. The molecule has 0 bridgehead atoms. The number of amides is 1. The van der Waals surface area contributed by atoms with Gasteiger partial charge in [0.25, 0.3) is 0 Å². The highest BCUT2D eigenvalue weighted by molar-refractivity contribution is 7.09. The van der Waals surface area contributed by atoms with Gasteiger partial charge < -0.3 is 10.0 Å². The zero-order valence-electron chi connectivity index (χ0n) is 13.8.